The number of carboxylic acid groups (broad SMARTS) is 1. The number of methoxy groups -OCH3 is 1. The van der Waals surface area contributed by atoms with Crippen molar-refractivity contribution in [1.82, 2.24) is 5.32 Å². The van der Waals surface area contributed by atoms with E-state index in [-0.39, 0.29) is 36.5 Å². The molecule has 1 unspecified atom stereocenters. The smallest absolute Gasteiger partial charge is 0.326 e. The molecule has 0 rings (SSSR count). The molecule has 20 heavy (non-hydrogen) atoms. The predicted octanol–water partition coefficient (Wildman–Crippen LogP) is 1.58. The summed E-state index contributed by atoms with van der Waals surface area (Å²) in [6.45, 7) is 8.02. The zero-order chi connectivity index (χ0) is 15.9. The number of hydrogen-bond donors (Lipinski definition) is 2. The van der Waals surface area contributed by atoms with E-state index >= 15 is 0 Å². The molecule has 0 bridgehead atoms. The van der Waals surface area contributed by atoms with Crippen LogP contribution in [0.5, 0.6) is 0 Å². The van der Waals surface area contributed by atoms with Crippen molar-refractivity contribution >= 4 is 17.8 Å². The van der Waals surface area contributed by atoms with E-state index in [1.54, 1.807) is 0 Å². The van der Waals surface area contributed by atoms with Gasteiger partial charge in [-0.1, -0.05) is 27.7 Å². The van der Waals surface area contributed by atoms with E-state index in [9.17, 15) is 14.4 Å². The number of amides is 1. The predicted molar refractivity (Wildman–Crippen MR) is 74.1 cm³/mol. The van der Waals surface area contributed by atoms with E-state index in [4.69, 9.17) is 5.11 Å². The topological polar surface area (TPSA) is 92.7 Å². The summed E-state index contributed by atoms with van der Waals surface area (Å²) in [5.74, 6) is -1.83. The van der Waals surface area contributed by atoms with Crippen LogP contribution in [0.2, 0.25) is 0 Å². The van der Waals surface area contributed by atoms with Crippen LogP contribution in [0.3, 0.4) is 0 Å². The maximum atomic E-state index is 11.8. The van der Waals surface area contributed by atoms with Gasteiger partial charge in [-0.15, -0.1) is 0 Å². The molecular formula is C14H25NO5. The van der Waals surface area contributed by atoms with Crippen molar-refractivity contribution in [2.75, 3.05) is 7.11 Å². The molecule has 0 aromatic heterocycles. The zero-order valence-corrected chi connectivity index (χ0v) is 12.9. The standard InChI is InChI=1S/C14H25NO5/c1-9(14(2,3)4)8-11(16)15-10(13(18)19)6-7-12(17)20-5/h9-10H,6-8H2,1-5H3,(H,15,16)(H,18,19)/t9?,10-/m0/s1. The molecule has 6 nitrogen and oxygen atoms in total. The van der Waals surface area contributed by atoms with Crippen LogP contribution in [-0.2, 0) is 19.1 Å². The highest BCUT2D eigenvalue weighted by atomic mass is 16.5. The number of nitrogens with one attached hydrogen (secondary N) is 1. The number of carboxylic acids is 1. The molecule has 2 N–H and O–H groups in total. The van der Waals surface area contributed by atoms with Crippen LogP contribution in [0.15, 0.2) is 0 Å². The summed E-state index contributed by atoms with van der Waals surface area (Å²) in [5, 5.41) is 11.5. The number of carbonyl (C=O) groups excluding carboxylic acids is 2. The molecule has 1 amide bonds. The van der Waals surface area contributed by atoms with Crippen molar-refractivity contribution in [3.05, 3.63) is 0 Å². The highest BCUT2D eigenvalue weighted by molar-refractivity contribution is 5.84. The van der Waals surface area contributed by atoms with E-state index in [1.807, 2.05) is 27.7 Å². The Hall–Kier alpha value is -1.59. The molecular weight excluding hydrogens is 262 g/mol. The van der Waals surface area contributed by atoms with Gasteiger partial charge in [0.25, 0.3) is 0 Å². The van der Waals surface area contributed by atoms with Gasteiger partial charge in [0, 0.05) is 12.8 Å². The Bertz CT molecular complexity index is 359. The van der Waals surface area contributed by atoms with Gasteiger partial charge >= 0.3 is 11.9 Å². The Kier molecular flexibility index (Phi) is 7.24. The number of hydrogen-bond acceptors (Lipinski definition) is 4. The van der Waals surface area contributed by atoms with E-state index < -0.39 is 18.0 Å². The average molecular weight is 287 g/mol. The fourth-order valence-corrected chi connectivity index (χ4v) is 1.46. The number of carbonyl (C=O) groups is 3. The second-order valence-corrected chi connectivity index (χ2v) is 6.04. The molecule has 116 valence electrons. The van der Waals surface area contributed by atoms with Gasteiger partial charge in [0.05, 0.1) is 7.11 Å². The Balaban J connectivity index is 4.42. The van der Waals surface area contributed by atoms with Crippen LogP contribution in [0, 0.1) is 11.3 Å². The van der Waals surface area contributed by atoms with Gasteiger partial charge in [-0.25, -0.2) is 4.79 Å². The highest BCUT2D eigenvalue weighted by Crippen LogP contribution is 2.27. The Labute approximate surface area is 119 Å². The largest absolute Gasteiger partial charge is 0.480 e. The first-order valence-corrected chi connectivity index (χ1v) is 6.67. The summed E-state index contributed by atoms with van der Waals surface area (Å²) in [6, 6.07) is -1.06. The highest BCUT2D eigenvalue weighted by Gasteiger charge is 2.26. The number of ether oxygens (including phenoxy) is 1. The molecule has 0 aliphatic rings. The molecule has 0 saturated carbocycles. The lowest BCUT2D eigenvalue weighted by atomic mass is 9.80. The van der Waals surface area contributed by atoms with Crippen LogP contribution < -0.4 is 5.32 Å². The monoisotopic (exact) mass is 287 g/mol. The minimum Gasteiger partial charge on any atom is -0.480 e. The first-order valence-electron chi connectivity index (χ1n) is 6.67. The van der Waals surface area contributed by atoms with Crippen molar-refractivity contribution in [3.8, 4) is 0 Å². The van der Waals surface area contributed by atoms with Crippen LogP contribution in [-0.4, -0.2) is 36.1 Å². The molecule has 0 aliphatic heterocycles. The van der Waals surface area contributed by atoms with E-state index in [2.05, 4.69) is 10.1 Å². The van der Waals surface area contributed by atoms with Crippen molar-refractivity contribution in [2.24, 2.45) is 11.3 Å². The normalized spacial score (nSPS) is 14.2. The van der Waals surface area contributed by atoms with Gasteiger partial charge in [0.2, 0.25) is 5.91 Å². The second kappa shape index (κ2) is 7.87. The lowest BCUT2D eigenvalue weighted by molar-refractivity contribution is -0.144. The third-order valence-corrected chi connectivity index (χ3v) is 3.47. The maximum absolute atomic E-state index is 11.8. The van der Waals surface area contributed by atoms with Crippen molar-refractivity contribution in [1.29, 1.82) is 0 Å². The van der Waals surface area contributed by atoms with Gasteiger partial charge in [-0.2, -0.15) is 0 Å². The van der Waals surface area contributed by atoms with Gasteiger partial charge in [0.1, 0.15) is 6.04 Å². The van der Waals surface area contributed by atoms with Crippen molar-refractivity contribution in [2.45, 2.75) is 53.0 Å². The molecule has 2 atom stereocenters. The average Bonchev–Trinajstić information content (AvgIpc) is 2.32. The third-order valence-electron chi connectivity index (χ3n) is 3.47. The number of esters is 1. The minimum absolute atomic E-state index is 0.0254. The van der Waals surface area contributed by atoms with E-state index in [1.165, 1.54) is 7.11 Å². The maximum Gasteiger partial charge on any atom is 0.326 e. The molecule has 0 aromatic carbocycles. The summed E-state index contributed by atoms with van der Waals surface area (Å²) in [6.07, 6.45) is 0.242. The lowest BCUT2D eigenvalue weighted by Crippen LogP contribution is -2.42. The van der Waals surface area contributed by atoms with Crippen LogP contribution >= 0.6 is 0 Å². The van der Waals surface area contributed by atoms with Crippen LogP contribution in [0.4, 0.5) is 0 Å². The molecule has 0 spiro atoms. The second-order valence-electron chi connectivity index (χ2n) is 6.04. The molecule has 6 heteroatoms. The fourth-order valence-electron chi connectivity index (χ4n) is 1.46. The lowest BCUT2D eigenvalue weighted by Gasteiger charge is -2.27. The number of rotatable bonds is 7. The van der Waals surface area contributed by atoms with Crippen LogP contribution in [0.25, 0.3) is 0 Å². The Morgan fingerprint density at radius 3 is 2.20 bits per heavy atom. The van der Waals surface area contributed by atoms with Gasteiger partial charge < -0.3 is 15.2 Å². The molecule has 0 heterocycles. The summed E-state index contributed by atoms with van der Waals surface area (Å²) in [7, 11) is 1.24. The fraction of sp³-hybridized carbons (Fsp3) is 0.786. The van der Waals surface area contributed by atoms with Gasteiger partial charge in [0.15, 0.2) is 0 Å². The third kappa shape index (κ3) is 7.11. The molecule has 0 radical (unpaired) electrons. The first-order chi connectivity index (χ1) is 9.07. The molecule has 0 fully saturated rings. The molecule has 0 saturated heterocycles. The zero-order valence-electron chi connectivity index (χ0n) is 12.9. The summed E-state index contributed by atoms with van der Waals surface area (Å²) < 4.78 is 4.45. The molecule has 0 aromatic rings. The summed E-state index contributed by atoms with van der Waals surface area (Å²) in [5.41, 5.74) is -0.0257. The van der Waals surface area contributed by atoms with Gasteiger partial charge in [-0.05, 0) is 17.8 Å². The van der Waals surface area contributed by atoms with E-state index in [0.29, 0.717) is 0 Å². The Morgan fingerprint density at radius 2 is 1.80 bits per heavy atom. The minimum atomic E-state index is -1.15. The summed E-state index contributed by atoms with van der Waals surface area (Å²) in [4.78, 5) is 33.9. The summed E-state index contributed by atoms with van der Waals surface area (Å²) >= 11 is 0. The number of aliphatic carboxylic acids is 1. The van der Waals surface area contributed by atoms with Crippen molar-refractivity contribution in [3.63, 3.8) is 0 Å². The first kappa shape index (κ1) is 18.4. The van der Waals surface area contributed by atoms with Crippen molar-refractivity contribution < 1.29 is 24.2 Å². The van der Waals surface area contributed by atoms with E-state index in [0.717, 1.165) is 0 Å². The van der Waals surface area contributed by atoms with Gasteiger partial charge in [-0.3, -0.25) is 9.59 Å². The molecule has 0 aliphatic carbocycles. The SMILES string of the molecule is COC(=O)CC[C@H](NC(=O)CC(C)C(C)(C)C)C(=O)O. The quantitative estimate of drug-likeness (QED) is 0.693. The van der Waals surface area contributed by atoms with Crippen LogP contribution in [0.1, 0.15) is 47.0 Å². The Morgan fingerprint density at radius 1 is 1.25 bits per heavy atom.